The van der Waals surface area contributed by atoms with E-state index in [4.69, 9.17) is 0 Å². The van der Waals surface area contributed by atoms with Gasteiger partial charge in [0.2, 0.25) is 5.91 Å². The largest absolute Gasteiger partial charge is 0.354 e. The molecule has 1 fully saturated rings. The second-order valence-corrected chi connectivity index (χ2v) is 4.95. The molecule has 1 amide bonds. The predicted molar refractivity (Wildman–Crippen MR) is 66.3 cm³/mol. The molecule has 0 heterocycles. The number of hydrogen-bond acceptors (Lipinski definition) is 3. The molecule has 1 aliphatic carbocycles. The summed E-state index contributed by atoms with van der Waals surface area (Å²) in [7, 11) is 4.01. The fourth-order valence-electron chi connectivity index (χ4n) is 1.81. The molecule has 0 spiro atoms. The lowest BCUT2D eigenvalue weighted by atomic mass is 10.1. The van der Waals surface area contributed by atoms with E-state index < -0.39 is 0 Å². The van der Waals surface area contributed by atoms with Crippen LogP contribution in [0.5, 0.6) is 0 Å². The highest BCUT2D eigenvalue weighted by atomic mass is 16.1. The summed E-state index contributed by atoms with van der Waals surface area (Å²) < 4.78 is 0. The number of hydrogen-bond donors (Lipinski definition) is 2. The van der Waals surface area contributed by atoms with Gasteiger partial charge < -0.3 is 10.6 Å². The van der Waals surface area contributed by atoms with Crippen molar-refractivity contribution in [3.63, 3.8) is 0 Å². The first-order valence-corrected chi connectivity index (χ1v) is 6.20. The van der Waals surface area contributed by atoms with E-state index >= 15 is 0 Å². The lowest BCUT2D eigenvalue weighted by Gasteiger charge is -2.25. The van der Waals surface area contributed by atoms with E-state index in [9.17, 15) is 4.79 Å². The maximum Gasteiger partial charge on any atom is 0.224 e. The molecule has 0 radical (unpaired) electrons. The second-order valence-electron chi connectivity index (χ2n) is 4.95. The normalized spacial score (nSPS) is 19.6. The molecule has 16 heavy (non-hydrogen) atoms. The van der Waals surface area contributed by atoms with Gasteiger partial charge in [-0.05, 0) is 33.9 Å². The van der Waals surface area contributed by atoms with Gasteiger partial charge in [-0.25, -0.2) is 0 Å². The number of carbonyl (C=O) groups excluding carboxylic acids is 1. The van der Waals surface area contributed by atoms with Crippen molar-refractivity contribution in [3.8, 4) is 0 Å². The molecule has 0 aromatic carbocycles. The van der Waals surface area contributed by atoms with Crippen LogP contribution in [0.3, 0.4) is 0 Å². The van der Waals surface area contributed by atoms with Gasteiger partial charge in [-0.15, -0.1) is 0 Å². The maximum atomic E-state index is 11.7. The fourth-order valence-corrected chi connectivity index (χ4v) is 1.81. The van der Waals surface area contributed by atoms with Crippen molar-refractivity contribution in [2.24, 2.45) is 5.92 Å². The summed E-state index contributed by atoms with van der Waals surface area (Å²) in [4.78, 5) is 14.0. The quantitative estimate of drug-likeness (QED) is 0.663. The third kappa shape index (κ3) is 4.10. The lowest BCUT2D eigenvalue weighted by molar-refractivity contribution is -0.124. The monoisotopic (exact) mass is 227 g/mol. The first kappa shape index (κ1) is 13.5. The van der Waals surface area contributed by atoms with Gasteiger partial charge in [0.15, 0.2) is 0 Å². The van der Waals surface area contributed by atoms with E-state index in [0.717, 1.165) is 19.1 Å². The predicted octanol–water partition coefficient (Wildman–Crippen LogP) is 0.441. The lowest BCUT2D eigenvalue weighted by Crippen LogP contribution is -2.43. The van der Waals surface area contributed by atoms with Crippen LogP contribution in [0.1, 0.15) is 26.7 Å². The van der Waals surface area contributed by atoms with E-state index in [0.29, 0.717) is 6.04 Å². The van der Waals surface area contributed by atoms with Crippen LogP contribution in [0, 0.1) is 5.92 Å². The summed E-state index contributed by atoms with van der Waals surface area (Å²) in [5, 5.41) is 6.03. The Morgan fingerprint density at radius 2 is 2.00 bits per heavy atom. The van der Waals surface area contributed by atoms with Gasteiger partial charge in [0, 0.05) is 31.1 Å². The van der Waals surface area contributed by atoms with E-state index in [1.807, 2.05) is 14.0 Å². The number of likely N-dealkylation sites (N-methyl/N-ethyl adjacent to an activating group) is 1. The molecule has 0 aromatic rings. The van der Waals surface area contributed by atoms with Crippen molar-refractivity contribution in [1.29, 1.82) is 0 Å². The number of nitrogens with one attached hydrogen (secondary N) is 2. The van der Waals surface area contributed by atoms with Gasteiger partial charge in [-0.2, -0.15) is 0 Å². The molecule has 0 saturated heterocycles. The van der Waals surface area contributed by atoms with Crippen LogP contribution in [0.25, 0.3) is 0 Å². The minimum Gasteiger partial charge on any atom is -0.354 e. The number of nitrogens with zero attached hydrogens (tertiary/aromatic N) is 1. The molecular formula is C12H25N3O. The van der Waals surface area contributed by atoms with Crippen molar-refractivity contribution < 1.29 is 4.79 Å². The Labute approximate surface area is 98.8 Å². The number of carbonyl (C=O) groups is 1. The van der Waals surface area contributed by atoms with Gasteiger partial charge >= 0.3 is 0 Å². The average molecular weight is 227 g/mol. The van der Waals surface area contributed by atoms with Crippen LogP contribution in [-0.2, 0) is 4.79 Å². The molecule has 94 valence electrons. The standard InChI is InChI=1S/C12H25N3O/c1-9(7-13-3)12(16)14-8-10(2)15(4)11-5-6-11/h9-11,13H,5-8H2,1-4H3,(H,14,16). The van der Waals surface area contributed by atoms with Crippen LogP contribution in [0.15, 0.2) is 0 Å². The van der Waals surface area contributed by atoms with Gasteiger partial charge in [0.1, 0.15) is 0 Å². The highest BCUT2D eigenvalue weighted by molar-refractivity contribution is 5.78. The van der Waals surface area contributed by atoms with Crippen LogP contribution >= 0.6 is 0 Å². The zero-order valence-electron chi connectivity index (χ0n) is 10.9. The SMILES string of the molecule is CNCC(C)C(=O)NCC(C)N(C)C1CC1. The fraction of sp³-hybridized carbons (Fsp3) is 0.917. The zero-order chi connectivity index (χ0) is 12.1. The average Bonchev–Trinajstić information content (AvgIpc) is 3.08. The van der Waals surface area contributed by atoms with Crippen molar-refractivity contribution in [2.75, 3.05) is 27.2 Å². The molecule has 0 aliphatic heterocycles. The Morgan fingerprint density at radius 3 is 2.50 bits per heavy atom. The summed E-state index contributed by atoms with van der Waals surface area (Å²) in [6, 6.07) is 1.18. The molecule has 2 unspecified atom stereocenters. The number of rotatable bonds is 7. The van der Waals surface area contributed by atoms with Crippen molar-refractivity contribution in [1.82, 2.24) is 15.5 Å². The minimum absolute atomic E-state index is 0.0448. The molecule has 0 aromatic heterocycles. The molecular weight excluding hydrogens is 202 g/mol. The van der Waals surface area contributed by atoms with Crippen molar-refractivity contribution in [2.45, 2.75) is 38.8 Å². The smallest absolute Gasteiger partial charge is 0.224 e. The number of amides is 1. The third-order valence-corrected chi connectivity index (χ3v) is 3.35. The molecule has 4 nitrogen and oxygen atoms in total. The van der Waals surface area contributed by atoms with E-state index in [-0.39, 0.29) is 11.8 Å². The van der Waals surface area contributed by atoms with Gasteiger partial charge in [0.25, 0.3) is 0 Å². The summed E-state index contributed by atoms with van der Waals surface area (Å²) in [5.41, 5.74) is 0. The van der Waals surface area contributed by atoms with Crippen LogP contribution in [0.2, 0.25) is 0 Å². The molecule has 4 heteroatoms. The van der Waals surface area contributed by atoms with Gasteiger partial charge in [0.05, 0.1) is 0 Å². The highest BCUT2D eigenvalue weighted by Crippen LogP contribution is 2.26. The first-order valence-electron chi connectivity index (χ1n) is 6.20. The summed E-state index contributed by atoms with van der Waals surface area (Å²) >= 11 is 0. The van der Waals surface area contributed by atoms with Gasteiger partial charge in [-0.3, -0.25) is 9.69 Å². The summed E-state index contributed by atoms with van der Waals surface area (Å²) in [6.45, 7) is 5.60. The molecule has 1 rings (SSSR count). The maximum absolute atomic E-state index is 11.7. The third-order valence-electron chi connectivity index (χ3n) is 3.35. The molecule has 1 aliphatic rings. The topological polar surface area (TPSA) is 44.4 Å². The van der Waals surface area contributed by atoms with E-state index in [1.165, 1.54) is 12.8 Å². The Kier molecular flexibility index (Phi) is 5.22. The molecule has 2 atom stereocenters. The van der Waals surface area contributed by atoms with Crippen LogP contribution < -0.4 is 10.6 Å². The molecule has 2 N–H and O–H groups in total. The van der Waals surface area contributed by atoms with Crippen molar-refractivity contribution in [3.05, 3.63) is 0 Å². The van der Waals surface area contributed by atoms with Crippen LogP contribution in [0.4, 0.5) is 0 Å². The summed E-state index contributed by atoms with van der Waals surface area (Å²) in [5.74, 6) is 0.189. The Balaban J connectivity index is 2.19. The highest BCUT2D eigenvalue weighted by Gasteiger charge is 2.29. The minimum atomic E-state index is 0.0448. The Hall–Kier alpha value is -0.610. The Morgan fingerprint density at radius 1 is 1.38 bits per heavy atom. The Bertz CT molecular complexity index is 228. The first-order chi connectivity index (χ1) is 7.56. The van der Waals surface area contributed by atoms with E-state index in [2.05, 4.69) is 29.5 Å². The van der Waals surface area contributed by atoms with Gasteiger partial charge in [-0.1, -0.05) is 6.92 Å². The molecule has 0 bridgehead atoms. The van der Waals surface area contributed by atoms with Crippen LogP contribution in [-0.4, -0.2) is 50.1 Å². The van der Waals surface area contributed by atoms with E-state index in [1.54, 1.807) is 0 Å². The van der Waals surface area contributed by atoms with Crippen molar-refractivity contribution >= 4 is 5.91 Å². The zero-order valence-corrected chi connectivity index (χ0v) is 10.9. The second kappa shape index (κ2) is 6.21. The summed E-state index contributed by atoms with van der Waals surface area (Å²) in [6.07, 6.45) is 2.62. The molecule has 1 saturated carbocycles.